The molecular formula is C20H31F2N5O. The highest BCUT2D eigenvalue weighted by Gasteiger charge is 2.22. The van der Waals surface area contributed by atoms with E-state index >= 15 is 0 Å². The van der Waals surface area contributed by atoms with Crippen LogP contribution in [0.15, 0.2) is 23.2 Å². The van der Waals surface area contributed by atoms with Crippen molar-refractivity contribution in [1.82, 2.24) is 20.9 Å². The first-order valence-corrected chi connectivity index (χ1v) is 9.80. The van der Waals surface area contributed by atoms with E-state index in [2.05, 4.69) is 25.8 Å². The average Bonchev–Trinajstić information content (AvgIpc) is 2.67. The number of rotatable bonds is 7. The predicted octanol–water partition coefficient (Wildman–Crippen LogP) is 1.87. The molecule has 0 saturated carbocycles. The van der Waals surface area contributed by atoms with Crippen molar-refractivity contribution in [2.75, 3.05) is 33.2 Å². The zero-order chi connectivity index (χ0) is 20.5. The zero-order valence-electron chi connectivity index (χ0n) is 16.9. The van der Waals surface area contributed by atoms with E-state index < -0.39 is 11.6 Å². The summed E-state index contributed by atoms with van der Waals surface area (Å²) in [5, 5.41) is 9.38. The molecule has 8 heteroatoms. The lowest BCUT2D eigenvalue weighted by Crippen LogP contribution is -2.51. The average molecular weight is 395 g/mol. The van der Waals surface area contributed by atoms with E-state index in [9.17, 15) is 13.6 Å². The fourth-order valence-corrected chi connectivity index (χ4v) is 3.18. The Labute approximate surface area is 165 Å². The van der Waals surface area contributed by atoms with Crippen molar-refractivity contribution in [1.29, 1.82) is 0 Å². The van der Waals surface area contributed by atoms with Crippen LogP contribution < -0.4 is 16.0 Å². The van der Waals surface area contributed by atoms with Crippen LogP contribution in [0.4, 0.5) is 8.78 Å². The van der Waals surface area contributed by atoms with Crippen LogP contribution in [0.3, 0.4) is 0 Å². The van der Waals surface area contributed by atoms with Crippen molar-refractivity contribution in [3.8, 4) is 0 Å². The van der Waals surface area contributed by atoms with Crippen LogP contribution in [0.1, 0.15) is 32.3 Å². The molecule has 156 valence electrons. The fraction of sp³-hybridized carbons (Fsp3) is 0.600. The van der Waals surface area contributed by atoms with E-state index in [1.807, 2.05) is 13.8 Å². The monoisotopic (exact) mass is 395 g/mol. The molecule has 1 unspecified atom stereocenters. The third-order valence-corrected chi connectivity index (χ3v) is 4.75. The Morgan fingerprint density at radius 3 is 2.57 bits per heavy atom. The molecule has 1 aromatic rings. The van der Waals surface area contributed by atoms with E-state index in [0.29, 0.717) is 25.6 Å². The molecule has 1 aliphatic heterocycles. The van der Waals surface area contributed by atoms with E-state index in [-0.39, 0.29) is 30.0 Å². The first kappa shape index (κ1) is 22.1. The van der Waals surface area contributed by atoms with Crippen LogP contribution >= 0.6 is 0 Å². The van der Waals surface area contributed by atoms with Gasteiger partial charge in [-0.25, -0.2) is 8.78 Å². The van der Waals surface area contributed by atoms with E-state index in [0.717, 1.165) is 19.4 Å². The Kier molecular flexibility index (Phi) is 8.63. The number of guanidine groups is 1. The summed E-state index contributed by atoms with van der Waals surface area (Å²) in [7, 11) is 1.69. The molecule has 1 fully saturated rings. The van der Waals surface area contributed by atoms with Crippen molar-refractivity contribution in [3.63, 3.8) is 0 Å². The van der Waals surface area contributed by atoms with Gasteiger partial charge in [0.15, 0.2) is 5.96 Å². The number of halogens is 2. The van der Waals surface area contributed by atoms with E-state index in [1.165, 1.54) is 18.2 Å². The first-order chi connectivity index (χ1) is 13.4. The third kappa shape index (κ3) is 6.74. The van der Waals surface area contributed by atoms with Crippen LogP contribution in [0.2, 0.25) is 0 Å². The van der Waals surface area contributed by atoms with Gasteiger partial charge in [-0.1, -0.05) is 19.9 Å². The molecule has 1 amide bonds. The number of benzene rings is 1. The van der Waals surface area contributed by atoms with Gasteiger partial charge < -0.3 is 16.0 Å². The summed E-state index contributed by atoms with van der Waals surface area (Å²) in [5.41, 5.74) is 0.117. The highest BCUT2D eigenvalue weighted by atomic mass is 19.1. The minimum absolute atomic E-state index is 0.0213. The topological polar surface area (TPSA) is 68.8 Å². The number of carbonyl (C=O) groups excluding carboxylic acids is 1. The summed E-state index contributed by atoms with van der Waals surface area (Å²) in [6.45, 7) is 6.52. The van der Waals surface area contributed by atoms with Crippen LogP contribution in [-0.4, -0.2) is 56.0 Å². The minimum Gasteiger partial charge on any atom is -0.355 e. The Hall–Kier alpha value is -2.22. The number of nitrogens with zero attached hydrogens (tertiary/aromatic N) is 2. The lowest BCUT2D eigenvalue weighted by molar-refractivity contribution is -0.123. The molecule has 1 aromatic carbocycles. The van der Waals surface area contributed by atoms with Gasteiger partial charge in [-0.2, -0.15) is 0 Å². The molecule has 0 radical (unpaired) electrons. The number of carbonyl (C=O) groups is 1. The molecule has 0 aromatic heterocycles. The molecular weight excluding hydrogens is 364 g/mol. The lowest BCUT2D eigenvalue weighted by atomic mass is 10.0. The van der Waals surface area contributed by atoms with Crippen molar-refractivity contribution >= 4 is 11.9 Å². The standard InChI is InChI=1S/C20H31F2N5O/c1-14(2)19(28)24-9-10-25-20(23-3)26-15-6-5-11-27(12-15)13-16-17(21)7-4-8-18(16)22/h4,7-8,14-15H,5-6,9-13H2,1-3H3,(H,24,28)(H2,23,25,26). The second kappa shape index (κ2) is 10.9. The zero-order valence-corrected chi connectivity index (χ0v) is 16.9. The molecule has 3 N–H and O–H groups in total. The highest BCUT2D eigenvalue weighted by Crippen LogP contribution is 2.18. The van der Waals surface area contributed by atoms with Gasteiger partial charge in [-0.15, -0.1) is 0 Å². The van der Waals surface area contributed by atoms with Gasteiger partial charge in [0.25, 0.3) is 0 Å². The van der Waals surface area contributed by atoms with Gasteiger partial charge in [-0.05, 0) is 31.5 Å². The number of aliphatic imine (C=N–C) groups is 1. The van der Waals surface area contributed by atoms with Crippen molar-refractivity contribution in [3.05, 3.63) is 35.4 Å². The maximum atomic E-state index is 13.9. The lowest BCUT2D eigenvalue weighted by Gasteiger charge is -2.34. The molecule has 1 atom stereocenters. The number of hydrogen-bond donors (Lipinski definition) is 3. The normalized spacial score (nSPS) is 18.2. The molecule has 0 spiro atoms. The van der Waals surface area contributed by atoms with Gasteiger partial charge in [0, 0.05) is 50.7 Å². The maximum absolute atomic E-state index is 13.9. The van der Waals surface area contributed by atoms with Gasteiger partial charge >= 0.3 is 0 Å². The second-order valence-electron chi connectivity index (χ2n) is 7.36. The van der Waals surface area contributed by atoms with Crippen LogP contribution in [0, 0.1) is 17.6 Å². The number of nitrogens with one attached hydrogen (secondary N) is 3. The molecule has 28 heavy (non-hydrogen) atoms. The Balaban J connectivity index is 1.80. The third-order valence-electron chi connectivity index (χ3n) is 4.75. The number of likely N-dealkylation sites (tertiary alicyclic amines) is 1. The Morgan fingerprint density at radius 2 is 1.93 bits per heavy atom. The molecule has 1 saturated heterocycles. The SMILES string of the molecule is CN=C(NCCNC(=O)C(C)C)NC1CCCN(Cc2c(F)cccc2F)C1. The molecule has 0 aliphatic carbocycles. The second-order valence-corrected chi connectivity index (χ2v) is 7.36. The number of amides is 1. The van der Waals surface area contributed by atoms with Gasteiger partial charge in [0.1, 0.15) is 11.6 Å². The largest absolute Gasteiger partial charge is 0.355 e. The number of hydrogen-bond acceptors (Lipinski definition) is 3. The van der Waals surface area contributed by atoms with Crippen molar-refractivity contribution < 1.29 is 13.6 Å². The van der Waals surface area contributed by atoms with E-state index in [1.54, 1.807) is 7.05 Å². The van der Waals surface area contributed by atoms with Crippen LogP contribution in [-0.2, 0) is 11.3 Å². The molecule has 2 rings (SSSR count). The van der Waals surface area contributed by atoms with Crippen LogP contribution in [0.5, 0.6) is 0 Å². The quantitative estimate of drug-likeness (QED) is 0.375. The Morgan fingerprint density at radius 1 is 1.25 bits per heavy atom. The Bertz CT molecular complexity index is 660. The minimum atomic E-state index is -0.504. The summed E-state index contributed by atoms with van der Waals surface area (Å²) < 4.78 is 27.8. The molecule has 0 bridgehead atoms. The van der Waals surface area contributed by atoms with Crippen molar-refractivity contribution in [2.24, 2.45) is 10.9 Å². The van der Waals surface area contributed by atoms with Gasteiger partial charge in [0.2, 0.25) is 5.91 Å². The maximum Gasteiger partial charge on any atom is 0.222 e. The smallest absolute Gasteiger partial charge is 0.222 e. The van der Waals surface area contributed by atoms with Gasteiger partial charge in [-0.3, -0.25) is 14.7 Å². The molecule has 1 aliphatic rings. The molecule has 6 nitrogen and oxygen atoms in total. The fourth-order valence-electron chi connectivity index (χ4n) is 3.18. The summed E-state index contributed by atoms with van der Waals surface area (Å²) in [6.07, 6.45) is 1.90. The van der Waals surface area contributed by atoms with Gasteiger partial charge in [0.05, 0.1) is 0 Å². The first-order valence-electron chi connectivity index (χ1n) is 9.80. The summed E-state index contributed by atoms with van der Waals surface area (Å²) >= 11 is 0. The van der Waals surface area contributed by atoms with E-state index in [4.69, 9.17) is 0 Å². The van der Waals surface area contributed by atoms with Crippen LogP contribution in [0.25, 0.3) is 0 Å². The van der Waals surface area contributed by atoms with Crippen molar-refractivity contribution in [2.45, 2.75) is 39.3 Å². The highest BCUT2D eigenvalue weighted by molar-refractivity contribution is 5.80. The summed E-state index contributed by atoms with van der Waals surface area (Å²) in [6, 6.07) is 4.11. The summed E-state index contributed by atoms with van der Waals surface area (Å²) in [5.74, 6) is -0.368. The summed E-state index contributed by atoms with van der Waals surface area (Å²) in [4.78, 5) is 17.8. The number of piperidine rings is 1. The molecule has 1 heterocycles. The predicted molar refractivity (Wildman–Crippen MR) is 107 cm³/mol.